The van der Waals surface area contributed by atoms with Crippen molar-refractivity contribution in [1.29, 1.82) is 0 Å². The molecule has 1 N–H and O–H groups in total. The van der Waals surface area contributed by atoms with Crippen LogP contribution in [-0.4, -0.2) is 12.5 Å². The molecule has 0 spiro atoms. The van der Waals surface area contributed by atoms with Crippen LogP contribution in [0.3, 0.4) is 0 Å². The minimum atomic E-state index is -0.0305. The van der Waals surface area contributed by atoms with Crippen molar-refractivity contribution in [3.8, 4) is 5.75 Å². The molecule has 1 aliphatic rings. The van der Waals surface area contributed by atoms with Crippen LogP contribution in [0.25, 0.3) is 0 Å². The van der Waals surface area contributed by atoms with Gasteiger partial charge in [-0.25, -0.2) is 0 Å². The lowest BCUT2D eigenvalue weighted by Gasteiger charge is -2.26. The van der Waals surface area contributed by atoms with Gasteiger partial charge in [-0.15, -0.1) is 0 Å². The maximum Gasteiger partial charge on any atom is 0.251 e. The lowest BCUT2D eigenvalue weighted by atomic mass is 9.99. The number of para-hydroxylation sites is 1. The molecule has 0 fully saturated rings. The van der Waals surface area contributed by atoms with Crippen LogP contribution in [0.15, 0.2) is 48.5 Å². The van der Waals surface area contributed by atoms with Crippen molar-refractivity contribution in [3.05, 3.63) is 65.2 Å². The molecule has 2 aromatic rings. The van der Waals surface area contributed by atoms with Gasteiger partial charge in [0.05, 0.1) is 12.6 Å². The van der Waals surface area contributed by atoms with Crippen molar-refractivity contribution >= 4 is 5.91 Å². The van der Waals surface area contributed by atoms with Gasteiger partial charge in [-0.3, -0.25) is 4.79 Å². The molecule has 0 saturated carbocycles. The summed E-state index contributed by atoms with van der Waals surface area (Å²) in [5, 5.41) is 3.12. The third kappa shape index (κ3) is 2.98. The van der Waals surface area contributed by atoms with Gasteiger partial charge in [0.2, 0.25) is 0 Å². The summed E-state index contributed by atoms with van der Waals surface area (Å²) in [5.41, 5.74) is 3.00. The first-order valence-electron chi connectivity index (χ1n) is 7.77. The van der Waals surface area contributed by atoms with E-state index >= 15 is 0 Å². The van der Waals surface area contributed by atoms with Crippen molar-refractivity contribution in [1.82, 2.24) is 5.32 Å². The van der Waals surface area contributed by atoms with Gasteiger partial charge in [0.1, 0.15) is 5.75 Å². The topological polar surface area (TPSA) is 38.3 Å². The molecular formula is C19H21NO2. The molecule has 0 bridgehead atoms. The Morgan fingerprint density at radius 3 is 2.59 bits per heavy atom. The molecule has 0 aliphatic carbocycles. The lowest BCUT2D eigenvalue weighted by Crippen LogP contribution is -2.32. The summed E-state index contributed by atoms with van der Waals surface area (Å²) in [6.45, 7) is 4.93. The van der Waals surface area contributed by atoms with E-state index in [4.69, 9.17) is 4.74 Å². The molecule has 1 atom stereocenters. The molecule has 1 unspecified atom stereocenters. The predicted molar refractivity (Wildman–Crippen MR) is 87.3 cm³/mol. The van der Waals surface area contributed by atoms with Gasteiger partial charge >= 0.3 is 0 Å². The number of rotatable bonds is 3. The van der Waals surface area contributed by atoms with E-state index in [-0.39, 0.29) is 11.9 Å². The Balaban J connectivity index is 1.75. The highest BCUT2D eigenvalue weighted by Crippen LogP contribution is 2.31. The van der Waals surface area contributed by atoms with Crippen LogP contribution in [-0.2, 0) is 0 Å². The van der Waals surface area contributed by atoms with E-state index in [1.54, 1.807) is 0 Å². The van der Waals surface area contributed by atoms with Crippen LogP contribution in [0.2, 0.25) is 0 Å². The van der Waals surface area contributed by atoms with Crippen molar-refractivity contribution in [2.75, 3.05) is 6.61 Å². The Morgan fingerprint density at radius 2 is 1.86 bits per heavy atom. The van der Waals surface area contributed by atoms with Crippen molar-refractivity contribution in [2.45, 2.75) is 32.2 Å². The molecule has 1 aliphatic heterocycles. The number of hydrogen-bond acceptors (Lipinski definition) is 2. The van der Waals surface area contributed by atoms with Gasteiger partial charge < -0.3 is 10.1 Å². The van der Waals surface area contributed by atoms with Crippen molar-refractivity contribution in [3.63, 3.8) is 0 Å². The highest BCUT2D eigenvalue weighted by Gasteiger charge is 2.22. The van der Waals surface area contributed by atoms with Crippen LogP contribution in [0.1, 0.15) is 53.7 Å². The molecule has 114 valence electrons. The van der Waals surface area contributed by atoms with E-state index in [1.807, 2.05) is 48.5 Å². The quantitative estimate of drug-likeness (QED) is 0.927. The Labute approximate surface area is 131 Å². The van der Waals surface area contributed by atoms with Crippen LogP contribution in [0.4, 0.5) is 0 Å². The number of ether oxygens (including phenoxy) is 1. The summed E-state index contributed by atoms with van der Waals surface area (Å²) in [4.78, 5) is 12.5. The predicted octanol–water partition coefficient (Wildman–Crippen LogP) is 4.06. The fourth-order valence-corrected chi connectivity index (χ4v) is 2.75. The molecule has 0 radical (unpaired) electrons. The molecule has 3 heteroatoms. The molecule has 1 amide bonds. The second kappa shape index (κ2) is 6.22. The maximum absolute atomic E-state index is 12.5. The average Bonchev–Trinajstić information content (AvgIpc) is 2.55. The highest BCUT2D eigenvalue weighted by atomic mass is 16.5. The summed E-state index contributed by atoms with van der Waals surface area (Å²) in [6.07, 6.45) is 0.798. The largest absolute Gasteiger partial charge is 0.493 e. The van der Waals surface area contributed by atoms with Gasteiger partial charge in [-0.05, 0) is 29.7 Å². The summed E-state index contributed by atoms with van der Waals surface area (Å²) >= 11 is 0. The second-order valence-corrected chi connectivity index (χ2v) is 5.98. The number of carbonyl (C=O) groups excluding carboxylic acids is 1. The van der Waals surface area contributed by atoms with Gasteiger partial charge in [0.15, 0.2) is 0 Å². The number of benzene rings is 2. The Morgan fingerprint density at radius 1 is 1.14 bits per heavy atom. The minimum absolute atomic E-state index is 0.0159. The van der Waals surface area contributed by atoms with E-state index in [2.05, 4.69) is 19.2 Å². The molecule has 2 aromatic carbocycles. The van der Waals surface area contributed by atoms with Gasteiger partial charge in [0, 0.05) is 17.5 Å². The molecule has 3 nitrogen and oxygen atoms in total. The monoisotopic (exact) mass is 295 g/mol. The average molecular weight is 295 g/mol. The van der Waals surface area contributed by atoms with E-state index < -0.39 is 0 Å². The van der Waals surface area contributed by atoms with E-state index in [0.717, 1.165) is 17.7 Å². The number of carbonyl (C=O) groups is 1. The third-order valence-electron chi connectivity index (χ3n) is 4.10. The Kier molecular flexibility index (Phi) is 4.14. The molecule has 22 heavy (non-hydrogen) atoms. The standard InChI is InChI=1S/C19H21NO2/c1-13(2)14-7-9-15(10-8-14)19(21)20-17-11-12-22-18-6-4-3-5-16(17)18/h3-10,13,17H,11-12H2,1-2H3,(H,20,21). The number of hydrogen-bond donors (Lipinski definition) is 1. The summed E-state index contributed by atoms with van der Waals surface area (Å²) in [5.74, 6) is 1.31. The highest BCUT2D eigenvalue weighted by molar-refractivity contribution is 5.94. The number of nitrogens with one attached hydrogen (secondary N) is 1. The fraction of sp³-hybridized carbons (Fsp3) is 0.316. The fourth-order valence-electron chi connectivity index (χ4n) is 2.75. The molecule has 0 saturated heterocycles. The summed E-state index contributed by atoms with van der Waals surface area (Å²) < 4.78 is 5.63. The molecule has 0 aromatic heterocycles. The minimum Gasteiger partial charge on any atom is -0.493 e. The van der Waals surface area contributed by atoms with E-state index in [1.165, 1.54) is 5.56 Å². The van der Waals surface area contributed by atoms with Crippen LogP contribution < -0.4 is 10.1 Å². The van der Waals surface area contributed by atoms with Crippen molar-refractivity contribution < 1.29 is 9.53 Å². The first-order valence-corrected chi connectivity index (χ1v) is 7.77. The van der Waals surface area contributed by atoms with Crippen LogP contribution in [0, 0.1) is 0 Å². The zero-order chi connectivity index (χ0) is 15.5. The van der Waals surface area contributed by atoms with Gasteiger partial charge in [-0.1, -0.05) is 44.2 Å². The van der Waals surface area contributed by atoms with Crippen molar-refractivity contribution in [2.24, 2.45) is 0 Å². The number of fused-ring (bicyclic) bond motifs is 1. The van der Waals surface area contributed by atoms with E-state index in [9.17, 15) is 4.79 Å². The normalized spacial score (nSPS) is 16.8. The Hall–Kier alpha value is -2.29. The summed E-state index contributed by atoms with van der Waals surface area (Å²) in [6, 6.07) is 15.8. The second-order valence-electron chi connectivity index (χ2n) is 5.98. The lowest BCUT2D eigenvalue weighted by molar-refractivity contribution is 0.0925. The van der Waals surface area contributed by atoms with Gasteiger partial charge in [-0.2, -0.15) is 0 Å². The molecule has 3 rings (SSSR count). The molecular weight excluding hydrogens is 274 g/mol. The summed E-state index contributed by atoms with van der Waals surface area (Å²) in [7, 11) is 0. The zero-order valence-corrected chi connectivity index (χ0v) is 13.0. The molecule has 1 heterocycles. The maximum atomic E-state index is 12.5. The smallest absolute Gasteiger partial charge is 0.251 e. The zero-order valence-electron chi connectivity index (χ0n) is 13.0. The first-order chi connectivity index (χ1) is 10.6. The van der Waals surface area contributed by atoms with Crippen LogP contribution >= 0.6 is 0 Å². The van der Waals surface area contributed by atoms with Gasteiger partial charge in [0.25, 0.3) is 5.91 Å². The van der Waals surface area contributed by atoms with Crippen LogP contribution in [0.5, 0.6) is 5.75 Å². The SMILES string of the molecule is CC(C)c1ccc(C(=O)NC2CCOc3ccccc32)cc1. The number of amides is 1. The van der Waals surface area contributed by atoms with E-state index in [0.29, 0.717) is 18.1 Å². The first kappa shape index (κ1) is 14.6. The Bertz CT molecular complexity index is 661. The third-order valence-corrected chi connectivity index (χ3v) is 4.10.